The summed E-state index contributed by atoms with van der Waals surface area (Å²) in [5, 5.41) is 13.0. The number of anilines is 1. The van der Waals surface area contributed by atoms with E-state index in [1.54, 1.807) is 0 Å². The van der Waals surface area contributed by atoms with Crippen LogP contribution < -0.4 is 4.90 Å². The van der Waals surface area contributed by atoms with Crippen LogP contribution in [0.4, 0.5) is 5.69 Å². The maximum Gasteiger partial charge on any atom is 0.0876 e. The zero-order chi connectivity index (χ0) is 14.8. The van der Waals surface area contributed by atoms with Crippen molar-refractivity contribution in [1.29, 1.82) is 0 Å². The average molecular weight is 284 g/mol. The molecule has 3 heteroatoms. The fourth-order valence-corrected chi connectivity index (χ4v) is 3.76. The third kappa shape index (κ3) is 2.69. The second-order valence-corrected chi connectivity index (χ2v) is 6.37. The maximum atomic E-state index is 9.38. The Morgan fingerprint density at radius 2 is 1.90 bits per heavy atom. The van der Waals surface area contributed by atoms with E-state index in [4.69, 9.17) is 0 Å². The molecule has 0 aliphatic heterocycles. The minimum Gasteiger partial charge on any atom is -0.411 e. The molecule has 1 aromatic rings. The van der Waals surface area contributed by atoms with Gasteiger partial charge in [-0.15, -0.1) is 0 Å². The lowest BCUT2D eigenvalue weighted by Gasteiger charge is -2.17. The largest absolute Gasteiger partial charge is 0.411 e. The normalized spacial score (nSPS) is 21.5. The highest BCUT2D eigenvalue weighted by Gasteiger charge is 2.30. The SMILES string of the molecule is CN(C)c1cccc(C2=C(C3CCCC3)CC/C2=N\O)c1. The van der Waals surface area contributed by atoms with E-state index >= 15 is 0 Å². The third-order valence-corrected chi connectivity index (χ3v) is 4.86. The summed E-state index contributed by atoms with van der Waals surface area (Å²) in [5.41, 5.74) is 6.00. The van der Waals surface area contributed by atoms with Gasteiger partial charge in [0.05, 0.1) is 5.71 Å². The van der Waals surface area contributed by atoms with Crippen molar-refractivity contribution >= 4 is 17.0 Å². The monoisotopic (exact) mass is 284 g/mol. The lowest BCUT2D eigenvalue weighted by atomic mass is 9.91. The van der Waals surface area contributed by atoms with Crippen molar-refractivity contribution in [3.8, 4) is 0 Å². The van der Waals surface area contributed by atoms with E-state index in [0.29, 0.717) is 5.92 Å². The molecule has 0 atom stereocenters. The molecule has 0 spiro atoms. The molecular weight excluding hydrogens is 260 g/mol. The second-order valence-electron chi connectivity index (χ2n) is 6.37. The van der Waals surface area contributed by atoms with E-state index in [1.807, 2.05) is 0 Å². The predicted octanol–water partition coefficient (Wildman–Crippen LogP) is 4.32. The van der Waals surface area contributed by atoms with Gasteiger partial charge in [-0.3, -0.25) is 0 Å². The number of nitrogens with zero attached hydrogens (tertiary/aromatic N) is 2. The van der Waals surface area contributed by atoms with E-state index in [0.717, 1.165) is 18.6 Å². The molecule has 0 radical (unpaired) electrons. The summed E-state index contributed by atoms with van der Waals surface area (Å²) in [5.74, 6) is 0.697. The quantitative estimate of drug-likeness (QED) is 0.663. The Morgan fingerprint density at radius 1 is 1.14 bits per heavy atom. The van der Waals surface area contributed by atoms with Gasteiger partial charge in [0.2, 0.25) is 0 Å². The van der Waals surface area contributed by atoms with Crippen LogP contribution >= 0.6 is 0 Å². The van der Waals surface area contributed by atoms with Gasteiger partial charge in [-0.1, -0.05) is 35.7 Å². The summed E-state index contributed by atoms with van der Waals surface area (Å²) < 4.78 is 0. The molecule has 112 valence electrons. The van der Waals surface area contributed by atoms with Gasteiger partial charge in [-0.2, -0.15) is 0 Å². The van der Waals surface area contributed by atoms with Crippen LogP contribution in [0.1, 0.15) is 44.1 Å². The lowest BCUT2D eigenvalue weighted by molar-refractivity contribution is 0.319. The van der Waals surface area contributed by atoms with E-state index in [9.17, 15) is 5.21 Å². The number of oxime groups is 1. The summed E-state index contributed by atoms with van der Waals surface area (Å²) in [6, 6.07) is 8.57. The Bertz CT molecular complexity index is 581. The zero-order valence-corrected chi connectivity index (χ0v) is 13.0. The zero-order valence-electron chi connectivity index (χ0n) is 13.0. The van der Waals surface area contributed by atoms with Crippen LogP contribution in [0, 0.1) is 5.92 Å². The van der Waals surface area contributed by atoms with E-state index in [2.05, 4.69) is 48.4 Å². The number of hydrogen-bond donors (Lipinski definition) is 1. The van der Waals surface area contributed by atoms with Gasteiger partial charge in [-0.05, 0) is 49.3 Å². The van der Waals surface area contributed by atoms with Gasteiger partial charge >= 0.3 is 0 Å². The first kappa shape index (κ1) is 14.2. The van der Waals surface area contributed by atoms with Crippen LogP contribution in [0.3, 0.4) is 0 Å². The molecule has 1 aromatic carbocycles. The molecule has 0 aromatic heterocycles. The first-order valence-electron chi connectivity index (χ1n) is 7.93. The maximum absolute atomic E-state index is 9.38. The van der Waals surface area contributed by atoms with E-state index in [1.165, 1.54) is 48.1 Å². The summed E-state index contributed by atoms with van der Waals surface area (Å²) in [6.07, 6.45) is 7.21. The molecule has 3 nitrogen and oxygen atoms in total. The van der Waals surface area contributed by atoms with Crippen molar-refractivity contribution in [1.82, 2.24) is 0 Å². The number of hydrogen-bond acceptors (Lipinski definition) is 3. The predicted molar refractivity (Wildman–Crippen MR) is 88.1 cm³/mol. The molecule has 0 saturated heterocycles. The van der Waals surface area contributed by atoms with Gasteiger partial charge in [0.1, 0.15) is 0 Å². The molecule has 1 N–H and O–H groups in total. The first-order valence-corrected chi connectivity index (χ1v) is 7.93. The Labute approximate surface area is 127 Å². The lowest BCUT2D eigenvalue weighted by Crippen LogP contribution is -2.09. The molecule has 0 amide bonds. The number of benzene rings is 1. The van der Waals surface area contributed by atoms with Crippen molar-refractivity contribution in [3.05, 3.63) is 35.4 Å². The minimum atomic E-state index is 0.697. The Balaban J connectivity index is 2.06. The molecule has 2 aliphatic carbocycles. The molecule has 0 bridgehead atoms. The van der Waals surface area contributed by atoms with Crippen LogP contribution in [0.2, 0.25) is 0 Å². The minimum absolute atomic E-state index is 0.697. The fourth-order valence-electron chi connectivity index (χ4n) is 3.76. The molecule has 21 heavy (non-hydrogen) atoms. The van der Waals surface area contributed by atoms with Gasteiger partial charge in [0.25, 0.3) is 0 Å². The Morgan fingerprint density at radius 3 is 2.57 bits per heavy atom. The second kappa shape index (κ2) is 5.92. The fraction of sp³-hybridized carbons (Fsp3) is 0.500. The molecule has 0 unspecified atom stereocenters. The van der Waals surface area contributed by atoms with Gasteiger partial charge in [0.15, 0.2) is 0 Å². The topological polar surface area (TPSA) is 35.8 Å². The Kier molecular flexibility index (Phi) is 4.00. The third-order valence-electron chi connectivity index (χ3n) is 4.86. The van der Waals surface area contributed by atoms with Crippen molar-refractivity contribution < 1.29 is 5.21 Å². The molecule has 2 aliphatic rings. The standard InChI is InChI=1S/C18H24N2O/c1-20(2)15-9-5-8-14(12-15)18-16(10-11-17(18)19-21)13-6-3-4-7-13/h5,8-9,12-13,21H,3-4,6-7,10-11H2,1-2H3/b19-17+. The smallest absolute Gasteiger partial charge is 0.0876 e. The van der Waals surface area contributed by atoms with Crippen molar-refractivity contribution in [2.24, 2.45) is 11.1 Å². The van der Waals surface area contributed by atoms with E-state index in [-0.39, 0.29) is 0 Å². The summed E-state index contributed by atoms with van der Waals surface area (Å²) in [7, 11) is 4.11. The summed E-state index contributed by atoms with van der Waals surface area (Å²) in [6.45, 7) is 0. The van der Waals surface area contributed by atoms with Crippen LogP contribution in [0.5, 0.6) is 0 Å². The van der Waals surface area contributed by atoms with Crippen LogP contribution in [0.25, 0.3) is 5.57 Å². The molecule has 1 fully saturated rings. The van der Waals surface area contributed by atoms with Gasteiger partial charge < -0.3 is 10.1 Å². The van der Waals surface area contributed by atoms with Gasteiger partial charge in [-0.25, -0.2) is 0 Å². The molecule has 1 saturated carbocycles. The first-order chi connectivity index (χ1) is 10.2. The van der Waals surface area contributed by atoms with Crippen molar-refractivity contribution in [2.75, 3.05) is 19.0 Å². The highest BCUT2D eigenvalue weighted by atomic mass is 16.4. The number of rotatable bonds is 3. The summed E-state index contributed by atoms with van der Waals surface area (Å²) >= 11 is 0. The number of allylic oxidation sites excluding steroid dienone is 2. The van der Waals surface area contributed by atoms with Crippen LogP contribution in [-0.4, -0.2) is 25.0 Å². The highest BCUT2D eigenvalue weighted by molar-refractivity contribution is 6.26. The Hall–Kier alpha value is -1.77. The summed E-state index contributed by atoms with van der Waals surface area (Å²) in [4.78, 5) is 2.12. The van der Waals surface area contributed by atoms with Gasteiger partial charge in [0, 0.05) is 25.4 Å². The van der Waals surface area contributed by atoms with Crippen molar-refractivity contribution in [2.45, 2.75) is 38.5 Å². The van der Waals surface area contributed by atoms with E-state index < -0.39 is 0 Å². The molecule has 0 heterocycles. The highest BCUT2D eigenvalue weighted by Crippen LogP contribution is 2.42. The van der Waals surface area contributed by atoms with Crippen molar-refractivity contribution in [3.63, 3.8) is 0 Å². The van der Waals surface area contributed by atoms with Crippen LogP contribution in [0.15, 0.2) is 35.0 Å². The van der Waals surface area contributed by atoms with Crippen LogP contribution in [-0.2, 0) is 0 Å². The molecular formula is C18H24N2O. The molecule has 3 rings (SSSR count). The average Bonchev–Trinajstić information content (AvgIpc) is 3.15.